The third kappa shape index (κ3) is 3.42. The van der Waals surface area contributed by atoms with Gasteiger partial charge in [0.25, 0.3) is 0 Å². The van der Waals surface area contributed by atoms with E-state index in [1.54, 1.807) is 18.3 Å². The Labute approximate surface area is 105 Å². The molecule has 0 aromatic rings. The lowest BCUT2D eigenvalue weighted by atomic mass is 10.3. The molecule has 0 bridgehead atoms. The van der Waals surface area contributed by atoms with Gasteiger partial charge in [-0.05, 0) is 38.0 Å². The molecule has 3 atom stereocenters. The van der Waals surface area contributed by atoms with E-state index in [4.69, 9.17) is 0 Å². The van der Waals surface area contributed by atoms with Crippen LogP contribution in [-0.2, 0) is 10.0 Å². The van der Waals surface area contributed by atoms with Gasteiger partial charge in [0.2, 0.25) is 10.0 Å². The van der Waals surface area contributed by atoms with Gasteiger partial charge in [0.1, 0.15) is 0 Å². The van der Waals surface area contributed by atoms with Crippen LogP contribution >= 0.6 is 0 Å². The van der Waals surface area contributed by atoms with Gasteiger partial charge in [-0.25, -0.2) is 12.7 Å². The van der Waals surface area contributed by atoms with Gasteiger partial charge in [0.15, 0.2) is 0 Å². The summed E-state index contributed by atoms with van der Waals surface area (Å²) in [5, 5.41) is 2.97. The molecule has 5 heteroatoms. The second-order valence-corrected chi connectivity index (χ2v) is 8.25. The van der Waals surface area contributed by atoms with E-state index >= 15 is 0 Å². The molecule has 2 aliphatic carbocycles. The van der Waals surface area contributed by atoms with Gasteiger partial charge in [-0.1, -0.05) is 6.92 Å². The Bertz CT molecular complexity index is 365. The molecule has 2 fully saturated rings. The first-order valence-corrected chi connectivity index (χ1v) is 8.10. The van der Waals surface area contributed by atoms with Crippen LogP contribution in [-0.4, -0.2) is 44.2 Å². The molecule has 0 amide bonds. The van der Waals surface area contributed by atoms with Crippen molar-refractivity contribution in [1.29, 1.82) is 0 Å². The Morgan fingerprint density at radius 2 is 2.00 bits per heavy atom. The van der Waals surface area contributed by atoms with Crippen LogP contribution in [0.5, 0.6) is 0 Å². The lowest BCUT2D eigenvalue weighted by molar-refractivity contribution is 0.434. The van der Waals surface area contributed by atoms with Crippen LogP contribution in [0.3, 0.4) is 0 Å². The van der Waals surface area contributed by atoms with Crippen LogP contribution in [0.25, 0.3) is 0 Å². The summed E-state index contributed by atoms with van der Waals surface area (Å²) in [5.41, 5.74) is 0. The van der Waals surface area contributed by atoms with E-state index in [1.807, 2.05) is 0 Å². The molecule has 3 unspecified atom stereocenters. The zero-order chi connectivity index (χ0) is 12.6. The number of hydrogen-bond donors (Lipinski definition) is 1. The fourth-order valence-electron chi connectivity index (χ4n) is 2.12. The highest BCUT2D eigenvalue weighted by atomic mass is 32.2. The van der Waals surface area contributed by atoms with E-state index in [0.717, 1.165) is 0 Å². The molecule has 0 heterocycles. The summed E-state index contributed by atoms with van der Waals surface area (Å²) in [6.07, 6.45) is 3.57. The van der Waals surface area contributed by atoms with Gasteiger partial charge in [0.05, 0.1) is 5.25 Å². The molecule has 4 nitrogen and oxygen atoms in total. The van der Waals surface area contributed by atoms with Gasteiger partial charge in [0, 0.05) is 26.2 Å². The normalized spacial score (nSPS) is 30.6. The number of rotatable bonds is 7. The zero-order valence-electron chi connectivity index (χ0n) is 11.0. The molecule has 0 saturated heterocycles. The van der Waals surface area contributed by atoms with Crippen molar-refractivity contribution in [2.24, 2.45) is 11.8 Å². The monoisotopic (exact) mass is 260 g/mol. The van der Waals surface area contributed by atoms with Gasteiger partial charge in [-0.2, -0.15) is 0 Å². The first kappa shape index (κ1) is 13.3. The molecule has 0 aromatic carbocycles. The number of sulfonamides is 1. The lowest BCUT2D eigenvalue weighted by Gasteiger charge is -2.22. The summed E-state index contributed by atoms with van der Waals surface area (Å²) in [5.74, 6) is 1.28. The van der Waals surface area contributed by atoms with Gasteiger partial charge in [-0.15, -0.1) is 0 Å². The van der Waals surface area contributed by atoms with Crippen molar-refractivity contribution in [2.45, 2.75) is 44.4 Å². The third-order valence-electron chi connectivity index (χ3n) is 3.98. The molecule has 0 aliphatic heterocycles. The van der Waals surface area contributed by atoms with E-state index in [-0.39, 0.29) is 5.25 Å². The minimum absolute atomic E-state index is 0.317. The highest BCUT2D eigenvalue weighted by Gasteiger charge is 2.37. The molecular weight excluding hydrogens is 236 g/mol. The summed E-state index contributed by atoms with van der Waals surface area (Å²) in [7, 11) is -1.40. The van der Waals surface area contributed by atoms with Crippen molar-refractivity contribution < 1.29 is 8.42 Å². The highest BCUT2D eigenvalue weighted by Crippen LogP contribution is 2.38. The first-order chi connectivity index (χ1) is 7.91. The van der Waals surface area contributed by atoms with Gasteiger partial charge in [-0.3, -0.25) is 0 Å². The maximum Gasteiger partial charge on any atom is 0.217 e. The molecule has 0 aromatic heterocycles. The van der Waals surface area contributed by atoms with E-state index in [0.29, 0.717) is 31.0 Å². The van der Waals surface area contributed by atoms with Crippen LogP contribution in [0.1, 0.15) is 33.1 Å². The van der Waals surface area contributed by atoms with Gasteiger partial charge >= 0.3 is 0 Å². The van der Waals surface area contributed by atoms with Crippen molar-refractivity contribution in [3.05, 3.63) is 0 Å². The van der Waals surface area contributed by atoms with Crippen LogP contribution < -0.4 is 5.32 Å². The fourth-order valence-corrected chi connectivity index (χ4v) is 3.44. The number of nitrogens with zero attached hydrogens (tertiary/aromatic N) is 1. The molecule has 2 saturated carbocycles. The van der Waals surface area contributed by atoms with Crippen LogP contribution in [0.2, 0.25) is 0 Å². The fraction of sp³-hybridized carbons (Fsp3) is 1.00. The van der Waals surface area contributed by atoms with Crippen LogP contribution in [0.4, 0.5) is 0 Å². The predicted octanol–water partition coefficient (Wildman–Crippen LogP) is 1.04. The molecule has 17 heavy (non-hydrogen) atoms. The molecule has 1 N–H and O–H groups in total. The van der Waals surface area contributed by atoms with Crippen molar-refractivity contribution in [2.75, 3.05) is 20.1 Å². The Morgan fingerprint density at radius 3 is 2.47 bits per heavy atom. The maximum atomic E-state index is 12.2. The Morgan fingerprint density at radius 1 is 1.41 bits per heavy atom. The molecule has 2 rings (SSSR count). The summed E-state index contributed by atoms with van der Waals surface area (Å²) < 4.78 is 26.0. The second-order valence-electron chi connectivity index (χ2n) is 5.79. The zero-order valence-corrected chi connectivity index (χ0v) is 11.8. The van der Waals surface area contributed by atoms with E-state index in [1.165, 1.54) is 19.3 Å². The van der Waals surface area contributed by atoms with Crippen molar-refractivity contribution in [1.82, 2.24) is 9.62 Å². The molecule has 0 spiro atoms. The minimum atomic E-state index is -3.11. The largest absolute Gasteiger partial charge is 0.313 e. The van der Waals surface area contributed by atoms with Crippen LogP contribution in [0, 0.1) is 11.8 Å². The summed E-state index contributed by atoms with van der Waals surface area (Å²) in [6, 6.07) is 0.571. The van der Waals surface area contributed by atoms with E-state index in [2.05, 4.69) is 12.2 Å². The molecular formula is C12H24N2O2S. The first-order valence-electron chi connectivity index (χ1n) is 6.59. The SMILES string of the molecule is CC1CC1CN(C)S(=O)(=O)C(C)CNC1CC1. The van der Waals surface area contributed by atoms with Crippen molar-refractivity contribution in [3.8, 4) is 0 Å². The predicted molar refractivity (Wildman–Crippen MR) is 69.3 cm³/mol. The van der Waals surface area contributed by atoms with Gasteiger partial charge < -0.3 is 5.32 Å². The summed E-state index contributed by atoms with van der Waals surface area (Å²) in [4.78, 5) is 0. The van der Waals surface area contributed by atoms with Crippen molar-refractivity contribution in [3.63, 3.8) is 0 Å². The molecule has 100 valence electrons. The maximum absolute atomic E-state index is 12.2. The minimum Gasteiger partial charge on any atom is -0.313 e. The summed E-state index contributed by atoms with van der Waals surface area (Å²) in [6.45, 7) is 5.26. The molecule has 0 radical (unpaired) electrons. The number of nitrogens with one attached hydrogen (secondary N) is 1. The number of hydrogen-bond acceptors (Lipinski definition) is 3. The standard InChI is InChI=1S/C12H24N2O2S/c1-9-6-11(9)8-14(3)17(15,16)10(2)7-13-12-4-5-12/h9-13H,4-8H2,1-3H3. The average Bonchev–Trinajstić information content (AvgIpc) is 3.14. The smallest absolute Gasteiger partial charge is 0.217 e. The Kier molecular flexibility index (Phi) is 3.80. The topological polar surface area (TPSA) is 49.4 Å². The summed E-state index contributed by atoms with van der Waals surface area (Å²) >= 11 is 0. The third-order valence-corrected chi connectivity index (χ3v) is 6.18. The Hall–Kier alpha value is -0.130. The van der Waals surface area contributed by atoms with Crippen LogP contribution in [0.15, 0.2) is 0 Å². The highest BCUT2D eigenvalue weighted by molar-refractivity contribution is 7.89. The second kappa shape index (κ2) is 4.86. The van der Waals surface area contributed by atoms with E-state index in [9.17, 15) is 8.42 Å². The quantitative estimate of drug-likeness (QED) is 0.744. The van der Waals surface area contributed by atoms with E-state index < -0.39 is 10.0 Å². The Balaban J connectivity index is 1.81. The van der Waals surface area contributed by atoms with Crippen molar-refractivity contribution >= 4 is 10.0 Å². The molecule has 2 aliphatic rings. The average molecular weight is 260 g/mol. The lowest BCUT2D eigenvalue weighted by Crippen LogP contribution is -2.41.